The first-order chi connectivity index (χ1) is 10.3. The SMILES string of the molecule is NCCc1cccc(OCc2cc(Cl)cc3c2OCC3)c1. The number of hydrogen-bond acceptors (Lipinski definition) is 3. The first-order valence-corrected chi connectivity index (χ1v) is 7.50. The highest BCUT2D eigenvalue weighted by atomic mass is 35.5. The minimum Gasteiger partial charge on any atom is -0.493 e. The van der Waals surface area contributed by atoms with Crippen molar-refractivity contribution >= 4 is 11.6 Å². The third-order valence-corrected chi connectivity index (χ3v) is 3.77. The van der Waals surface area contributed by atoms with E-state index < -0.39 is 0 Å². The molecule has 21 heavy (non-hydrogen) atoms. The number of fused-ring (bicyclic) bond motifs is 1. The van der Waals surface area contributed by atoms with Gasteiger partial charge in [0.05, 0.1) is 6.61 Å². The minimum atomic E-state index is 0.453. The van der Waals surface area contributed by atoms with Gasteiger partial charge in [-0.2, -0.15) is 0 Å². The van der Waals surface area contributed by atoms with E-state index in [0.29, 0.717) is 19.8 Å². The molecule has 0 saturated heterocycles. The van der Waals surface area contributed by atoms with Crippen LogP contribution in [-0.2, 0) is 19.4 Å². The van der Waals surface area contributed by atoms with E-state index in [1.54, 1.807) is 0 Å². The summed E-state index contributed by atoms with van der Waals surface area (Å²) in [6.07, 6.45) is 1.77. The summed E-state index contributed by atoms with van der Waals surface area (Å²) < 4.78 is 11.6. The van der Waals surface area contributed by atoms with Gasteiger partial charge in [0.15, 0.2) is 0 Å². The predicted molar refractivity (Wildman–Crippen MR) is 84.2 cm³/mol. The van der Waals surface area contributed by atoms with Gasteiger partial charge in [0, 0.05) is 17.0 Å². The fourth-order valence-electron chi connectivity index (χ4n) is 2.57. The van der Waals surface area contributed by atoms with Crippen molar-refractivity contribution in [2.24, 2.45) is 5.73 Å². The molecule has 0 radical (unpaired) electrons. The summed E-state index contributed by atoms with van der Waals surface area (Å²) >= 11 is 6.15. The van der Waals surface area contributed by atoms with Crippen molar-refractivity contribution in [3.05, 3.63) is 58.1 Å². The van der Waals surface area contributed by atoms with E-state index in [9.17, 15) is 0 Å². The standard InChI is InChI=1S/C17H18ClNO2/c18-15-9-13-5-7-20-17(13)14(10-15)11-21-16-3-1-2-12(8-16)4-6-19/h1-3,8-10H,4-7,11,19H2. The highest BCUT2D eigenvalue weighted by molar-refractivity contribution is 6.30. The van der Waals surface area contributed by atoms with Crippen molar-refractivity contribution in [2.45, 2.75) is 19.4 Å². The van der Waals surface area contributed by atoms with Crippen LogP contribution >= 0.6 is 11.6 Å². The molecule has 1 aliphatic rings. The Balaban J connectivity index is 1.75. The van der Waals surface area contributed by atoms with Crippen LogP contribution < -0.4 is 15.2 Å². The molecular formula is C17H18ClNO2. The van der Waals surface area contributed by atoms with Gasteiger partial charge in [-0.15, -0.1) is 0 Å². The Kier molecular flexibility index (Phi) is 4.32. The average Bonchev–Trinajstić information content (AvgIpc) is 2.93. The molecule has 0 fully saturated rings. The zero-order chi connectivity index (χ0) is 14.7. The normalized spacial score (nSPS) is 12.9. The van der Waals surface area contributed by atoms with Crippen LogP contribution in [0.1, 0.15) is 16.7 Å². The number of halogens is 1. The van der Waals surface area contributed by atoms with Crippen LogP contribution in [0.5, 0.6) is 11.5 Å². The number of rotatable bonds is 5. The minimum absolute atomic E-state index is 0.453. The monoisotopic (exact) mass is 303 g/mol. The summed E-state index contributed by atoms with van der Waals surface area (Å²) in [4.78, 5) is 0. The molecule has 2 aromatic carbocycles. The molecule has 2 N–H and O–H groups in total. The van der Waals surface area contributed by atoms with Crippen molar-refractivity contribution in [1.29, 1.82) is 0 Å². The number of hydrogen-bond donors (Lipinski definition) is 1. The molecule has 3 rings (SSSR count). The molecule has 4 heteroatoms. The van der Waals surface area contributed by atoms with Gasteiger partial charge in [-0.05, 0) is 48.4 Å². The van der Waals surface area contributed by atoms with Gasteiger partial charge in [0.2, 0.25) is 0 Å². The van der Waals surface area contributed by atoms with Gasteiger partial charge in [-0.3, -0.25) is 0 Å². The van der Waals surface area contributed by atoms with Crippen molar-refractivity contribution < 1.29 is 9.47 Å². The lowest BCUT2D eigenvalue weighted by atomic mass is 10.1. The Morgan fingerprint density at radius 3 is 3.00 bits per heavy atom. The molecule has 3 nitrogen and oxygen atoms in total. The quantitative estimate of drug-likeness (QED) is 0.921. The fraction of sp³-hybridized carbons (Fsp3) is 0.294. The fourth-order valence-corrected chi connectivity index (χ4v) is 2.84. The van der Waals surface area contributed by atoms with Crippen molar-refractivity contribution in [3.8, 4) is 11.5 Å². The lowest BCUT2D eigenvalue weighted by Gasteiger charge is -2.11. The maximum Gasteiger partial charge on any atom is 0.129 e. The van der Waals surface area contributed by atoms with Crippen LogP contribution in [-0.4, -0.2) is 13.2 Å². The molecule has 0 unspecified atom stereocenters. The second kappa shape index (κ2) is 6.37. The maximum atomic E-state index is 6.15. The molecule has 0 aromatic heterocycles. The summed E-state index contributed by atoms with van der Waals surface area (Å²) in [7, 11) is 0. The van der Waals surface area contributed by atoms with Gasteiger partial charge < -0.3 is 15.2 Å². The Bertz CT molecular complexity index is 643. The molecule has 110 valence electrons. The average molecular weight is 304 g/mol. The largest absolute Gasteiger partial charge is 0.493 e. The maximum absolute atomic E-state index is 6.15. The number of nitrogens with two attached hydrogens (primary N) is 1. The summed E-state index contributed by atoms with van der Waals surface area (Å²) in [6.45, 7) is 1.81. The zero-order valence-corrected chi connectivity index (χ0v) is 12.5. The van der Waals surface area contributed by atoms with E-state index >= 15 is 0 Å². The van der Waals surface area contributed by atoms with Crippen molar-refractivity contribution in [3.63, 3.8) is 0 Å². The van der Waals surface area contributed by atoms with Crippen molar-refractivity contribution in [1.82, 2.24) is 0 Å². The molecule has 0 spiro atoms. The van der Waals surface area contributed by atoms with Gasteiger partial charge >= 0.3 is 0 Å². The Morgan fingerprint density at radius 2 is 2.14 bits per heavy atom. The van der Waals surface area contributed by atoms with Crippen LogP contribution in [0.3, 0.4) is 0 Å². The van der Waals surface area contributed by atoms with Gasteiger partial charge in [-0.25, -0.2) is 0 Å². The van der Waals surface area contributed by atoms with Crippen molar-refractivity contribution in [2.75, 3.05) is 13.2 Å². The van der Waals surface area contributed by atoms with Crippen LogP contribution in [0.25, 0.3) is 0 Å². The third kappa shape index (κ3) is 3.31. The highest BCUT2D eigenvalue weighted by Gasteiger charge is 2.17. The molecule has 1 aliphatic heterocycles. The van der Waals surface area contributed by atoms with E-state index in [0.717, 1.165) is 40.5 Å². The molecular weight excluding hydrogens is 286 g/mol. The summed E-state index contributed by atoms with van der Waals surface area (Å²) in [5.41, 5.74) is 8.93. The Hall–Kier alpha value is -1.71. The summed E-state index contributed by atoms with van der Waals surface area (Å²) in [5, 5.41) is 0.731. The third-order valence-electron chi connectivity index (χ3n) is 3.55. The van der Waals surface area contributed by atoms with Gasteiger partial charge in [0.1, 0.15) is 18.1 Å². The predicted octanol–water partition coefficient (Wildman–Crippen LogP) is 3.36. The first-order valence-electron chi connectivity index (χ1n) is 7.12. The van der Waals surface area contributed by atoms with Crippen LogP contribution in [0.2, 0.25) is 5.02 Å². The molecule has 2 aromatic rings. The van der Waals surface area contributed by atoms with E-state index in [4.69, 9.17) is 26.8 Å². The second-order valence-electron chi connectivity index (χ2n) is 5.13. The topological polar surface area (TPSA) is 44.5 Å². The van der Waals surface area contributed by atoms with E-state index in [-0.39, 0.29) is 0 Å². The summed E-state index contributed by atoms with van der Waals surface area (Å²) in [5.74, 6) is 1.77. The highest BCUT2D eigenvalue weighted by Crippen LogP contribution is 2.33. The Labute approximate surface area is 129 Å². The van der Waals surface area contributed by atoms with E-state index in [1.807, 2.05) is 30.3 Å². The van der Waals surface area contributed by atoms with Crippen LogP contribution in [0.4, 0.5) is 0 Å². The molecule has 0 aliphatic carbocycles. The van der Waals surface area contributed by atoms with E-state index in [1.165, 1.54) is 5.56 Å². The molecule has 0 amide bonds. The number of benzene rings is 2. The van der Waals surface area contributed by atoms with E-state index in [2.05, 4.69) is 6.07 Å². The van der Waals surface area contributed by atoms with Crippen LogP contribution in [0.15, 0.2) is 36.4 Å². The molecule has 0 saturated carbocycles. The lowest BCUT2D eigenvalue weighted by Crippen LogP contribution is -2.03. The smallest absolute Gasteiger partial charge is 0.129 e. The lowest BCUT2D eigenvalue weighted by molar-refractivity contribution is 0.291. The van der Waals surface area contributed by atoms with Gasteiger partial charge in [0.25, 0.3) is 0 Å². The Morgan fingerprint density at radius 1 is 1.24 bits per heavy atom. The molecule has 1 heterocycles. The summed E-state index contributed by atoms with van der Waals surface area (Å²) in [6, 6.07) is 11.9. The molecule has 0 atom stereocenters. The molecule has 0 bridgehead atoms. The van der Waals surface area contributed by atoms with Crippen LogP contribution in [0, 0.1) is 0 Å². The zero-order valence-electron chi connectivity index (χ0n) is 11.8. The number of ether oxygens (including phenoxy) is 2. The first kappa shape index (κ1) is 14.2. The van der Waals surface area contributed by atoms with Gasteiger partial charge in [-0.1, -0.05) is 23.7 Å². The second-order valence-corrected chi connectivity index (χ2v) is 5.56.